The Morgan fingerprint density at radius 3 is 1.14 bits per heavy atom. The maximum Gasteiger partial charge on any atom is 0.333 e. The first-order valence-corrected chi connectivity index (χ1v) is 58.4. The van der Waals surface area contributed by atoms with Crippen molar-refractivity contribution < 1.29 is 69.4 Å². The van der Waals surface area contributed by atoms with Gasteiger partial charge in [-0.2, -0.15) is 0 Å². The topological polar surface area (TPSA) is 165 Å². The number of carbonyl (C=O) groups is 3. The van der Waals surface area contributed by atoms with Crippen molar-refractivity contribution >= 4 is 84.0 Å². The van der Waals surface area contributed by atoms with Crippen LogP contribution in [0.15, 0.2) is 49.8 Å². The zero-order valence-corrected chi connectivity index (χ0v) is 70.1. The Kier molecular flexibility index (Phi) is 57.3. The summed E-state index contributed by atoms with van der Waals surface area (Å²) in [6.45, 7) is 62.6. The van der Waals surface area contributed by atoms with E-state index in [1.54, 1.807) is 60.0 Å². The largest absolute Gasteiger partial charge is 0.502 e. The quantitative estimate of drug-likeness (QED) is 0.0111. The van der Waals surface area contributed by atoms with Crippen molar-refractivity contribution in [1.29, 1.82) is 0 Å². The summed E-state index contributed by atoms with van der Waals surface area (Å²) in [5.41, 5.74) is 2.60. The number of carbonyl (C=O) groups excluding carboxylic acids is 3. The van der Waals surface area contributed by atoms with E-state index in [2.05, 4.69) is 145 Å². The van der Waals surface area contributed by atoms with Crippen molar-refractivity contribution in [1.82, 2.24) is 0 Å². The van der Waals surface area contributed by atoms with Gasteiger partial charge in [-0.05, 0) is 167 Å². The summed E-state index contributed by atoms with van der Waals surface area (Å²) in [7, 11) is 1.48. The molecule has 0 amide bonds. The molecule has 524 valence electrons. The van der Waals surface area contributed by atoms with Crippen LogP contribution < -0.4 is 0 Å². The molecule has 2 heterocycles. The third-order valence-corrected chi connectivity index (χ3v) is 40.9. The third-order valence-electron chi connectivity index (χ3n) is 15.0. The number of esters is 3. The van der Waals surface area contributed by atoms with E-state index in [9.17, 15) is 14.4 Å². The van der Waals surface area contributed by atoms with Gasteiger partial charge in [-0.1, -0.05) is 116 Å². The molecule has 0 aromatic heterocycles. The van der Waals surface area contributed by atoms with Crippen LogP contribution in [-0.2, 0) is 69.4 Å². The van der Waals surface area contributed by atoms with E-state index >= 15 is 0 Å². The van der Waals surface area contributed by atoms with Crippen molar-refractivity contribution in [2.45, 2.75) is 257 Å². The van der Waals surface area contributed by atoms with Gasteiger partial charge in [0, 0.05) is 82.6 Å². The average molecular weight is 1390 g/mol. The van der Waals surface area contributed by atoms with Crippen LogP contribution in [0.3, 0.4) is 0 Å². The molecule has 2 saturated heterocycles. The van der Waals surface area contributed by atoms with Crippen LogP contribution in [0, 0.1) is 5.92 Å². The van der Waals surface area contributed by atoms with E-state index in [-0.39, 0.29) is 17.9 Å². The second-order valence-electron chi connectivity index (χ2n) is 28.9. The monoisotopic (exact) mass is 1390 g/mol. The number of hydrogen-bond acceptors (Lipinski definition) is 15. The molecule has 0 radical (unpaired) electrons. The molecule has 0 aromatic carbocycles. The van der Waals surface area contributed by atoms with E-state index < -0.39 is 66.1 Å². The standard InChI is InChI=1S/C10H20O3Si.C10H22OSi.C9H20O3Si.C9H18O3Si.C8H18O2Si.C8H14O2.C7H18Si2.C4H12OSi/c1-9(2)10(11)13-7-6-8-14(4,5)12-3;1-11-12(2,3)9-5-4-6-10-7-8-10;1-10-13(2,3)6-4-5-11-7-9-8-12-9;1-5-9(10)12-7-6-8-13(3,4)11-2;1-5-10-7-6-8-11(3,4)9-2;1-4-5-6-10-8(9)7(2)3;1-8(2)5-6-9(3,4)7-8;1-5-6(2,3)4/h1,6-8H2,2-5H3;10H,4-9H2,1-3H3;9H,4-8H2,1-3H3;5H,1,6-8H2,2-4H3;5H,1,6-8H2,2-4H3;2,4-6H2,1,3H3;5-7H2,1-4H3;1-4H3. The molecule has 15 nitrogen and oxygen atoms in total. The maximum absolute atomic E-state index is 11.0. The molecule has 1 aliphatic carbocycles. The Bertz CT molecular complexity index is 1800. The molecule has 88 heavy (non-hydrogen) atoms. The molecule has 3 aliphatic rings. The minimum Gasteiger partial charge on any atom is -0.502 e. The van der Waals surface area contributed by atoms with Gasteiger partial charge in [0.1, 0.15) is 6.10 Å². The van der Waals surface area contributed by atoms with Crippen molar-refractivity contribution in [3.05, 3.63) is 49.8 Å². The Labute approximate surface area is 551 Å². The first-order chi connectivity index (χ1) is 40.5. The van der Waals surface area contributed by atoms with Crippen LogP contribution in [-0.4, -0.2) is 179 Å². The SMILES string of the molecule is C=C(C)C(=O)OCCCC.C=C(C)C(=O)OCCC[Si](C)(C)OC.C=CC(=O)OCCC[Si](C)(C)OC.C=COCCC[Si](C)(C)OC.CO[Si](C)(C)C.CO[Si](C)(C)CCCCC1CC1.CO[Si](C)(C)CCCOCC1CO1.C[Si]1(C)CC[Si](C)(C)C1. The van der Waals surface area contributed by atoms with E-state index in [0.29, 0.717) is 37.1 Å². The van der Waals surface area contributed by atoms with E-state index in [1.807, 2.05) is 14.2 Å². The molecule has 1 atom stereocenters. The highest BCUT2D eigenvalue weighted by Crippen LogP contribution is 2.37. The maximum atomic E-state index is 11.0. The van der Waals surface area contributed by atoms with Crippen LogP contribution in [0.1, 0.15) is 91.4 Å². The summed E-state index contributed by atoms with van der Waals surface area (Å²) in [4.78, 5) is 32.3. The predicted molar refractivity (Wildman–Crippen MR) is 396 cm³/mol. The molecule has 0 bridgehead atoms. The normalized spacial score (nSPS) is 15.5. The second kappa shape index (κ2) is 52.9. The van der Waals surface area contributed by atoms with Crippen molar-refractivity contribution in [2.75, 3.05) is 88.9 Å². The van der Waals surface area contributed by atoms with Gasteiger partial charge in [0.05, 0.1) is 45.9 Å². The summed E-state index contributed by atoms with van der Waals surface area (Å²) >= 11 is 0. The molecular formula is C65H142O15Si8. The van der Waals surface area contributed by atoms with Gasteiger partial charge in [0.25, 0.3) is 0 Å². The van der Waals surface area contributed by atoms with Crippen molar-refractivity contribution in [2.24, 2.45) is 5.92 Å². The molecule has 0 N–H and O–H groups in total. The zero-order valence-electron chi connectivity index (χ0n) is 62.1. The minimum atomic E-state index is -1.49. The molecule has 3 rings (SSSR count). The van der Waals surface area contributed by atoms with Crippen LogP contribution >= 0.6 is 0 Å². The number of hydrogen-bond donors (Lipinski definition) is 0. The fourth-order valence-electron chi connectivity index (χ4n) is 7.64. The first-order valence-electron chi connectivity index (χ1n) is 32.6. The minimum absolute atomic E-state index is 0.284. The Morgan fingerprint density at radius 1 is 0.511 bits per heavy atom. The Morgan fingerprint density at radius 2 is 0.852 bits per heavy atom. The molecule has 23 heteroatoms. The highest BCUT2D eigenvalue weighted by Gasteiger charge is 2.39. The van der Waals surface area contributed by atoms with Crippen LogP contribution in [0.2, 0.25) is 159 Å². The summed E-state index contributed by atoms with van der Waals surface area (Å²) in [6, 6.07) is 8.92. The fraction of sp³-hybridized carbons (Fsp3) is 0.831. The van der Waals surface area contributed by atoms with Gasteiger partial charge in [-0.3, -0.25) is 0 Å². The van der Waals surface area contributed by atoms with Crippen LogP contribution in [0.4, 0.5) is 0 Å². The van der Waals surface area contributed by atoms with Crippen LogP contribution in [0.25, 0.3) is 0 Å². The van der Waals surface area contributed by atoms with Gasteiger partial charge in [-0.15, -0.1) is 0 Å². The average Bonchev–Trinajstić information content (AvgIpc) is 4.34. The molecule has 0 aromatic rings. The second-order valence-corrected chi connectivity index (χ2v) is 66.7. The number of ether oxygens (including phenoxy) is 6. The molecule has 0 spiro atoms. The van der Waals surface area contributed by atoms with Gasteiger partial charge >= 0.3 is 17.9 Å². The third kappa shape index (κ3) is 72.0. The lowest BCUT2D eigenvalue weighted by Gasteiger charge is -2.19. The number of rotatable bonds is 36. The number of epoxide rings is 1. The Balaban J connectivity index is -0.000000301. The lowest BCUT2D eigenvalue weighted by atomic mass is 10.2. The smallest absolute Gasteiger partial charge is 0.333 e. The van der Waals surface area contributed by atoms with E-state index in [1.165, 1.54) is 56.5 Å². The predicted octanol–water partition coefficient (Wildman–Crippen LogP) is 18.1. The summed E-state index contributed by atoms with van der Waals surface area (Å²) in [5.74, 6) is 0.171. The van der Waals surface area contributed by atoms with Gasteiger partial charge in [-0.25, -0.2) is 14.4 Å². The fourth-order valence-corrected chi connectivity index (χ4v) is 30.9. The molecule has 1 saturated carbocycles. The van der Waals surface area contributed by atoms with Crippen LogP contribution in [0.5, 0.6) is 0 Å². The summed E-state index contributed by atoms with van der Waals surface area (Å²) in [6.07, 6.45) is 16.3. The summed E-state index contributed by atoms with van der Waals surface area (Å²) < 4.78 is 62.2. The molecule has 1 unspecified atom stereocenters. The lowest BCUT2D eigenvalue weighted by Crippen LogP contribution is -2.28. The van der Waals surface area contributed by atoms with E-state index in [0.717, 1.165) is 89.0 Å². The van der Waals surface area contributed by atoms with Crippen molar-refractivity contribution in [3.63, 3.8) is 0 Å². The van der Waals surface area contributed by atoms with E-state index in [4.69, 9.17) is 55.0 Å². The van der Waals surface area contributed by atoms with Crippen molar-refractivity contribution in [3.8, 4) is 0 Å². The van der Waals surface area contributed by atoms with Gasteiger partial charge < -0.3 is 55.0 Å². The molecule has 2 aliphatic heterocycles. The first kappa shape index (κ1) is 95.3. The molecule has 3 fully saturated rings. The summed E-state index contributed by atoms with van der Waals surface area (Å²) in [5, 5.41) is 0. The molecular weight excluding hydrogens is 1250 g/mol. The zero-order chi connectivity index (χ0) is 69.3. The Hall–Kier alpha value is -1.41. The van der Waals surface area contributed by atoms with Gasteiger partial charge in [0.15, 0.2) is 49.9 Å². The lowest BCUT2D eigenvalue weighted by molar-refractivity contribution is -0.139. The number of unbranched alkanes of at least 4 members (excludes halogenated alkanes) is 2. The highest BCUT2D eigenvalue weighted by atomic mass is 28.4. The van der Waals surface area contributed by atoms with Gasteiger partial charge in [0.2, 0.25) is 0 Å². The highest BCUT2D eigenvalue weighted by molar-refractivity contribution is 6.99.